The summed E-state index contributed by atoms with van der Waals surface area (Å²) in [6.07, 6.45) is 5.96. The monoisotopic (exact) mass is 811 g/mol. The third-order valence-corrected chi connectivity index (χ3v) is 8.91. The summed E-state index contributed by atoms with van der Waals surface area (Å²) in [5.74, 6) is 3.30. The number of para-hydroxylation sites is 1. The fourth-order valence-electron chi connectivity index (χ4n) is 6.51. The molecule has 48 heavy (non-hydrogen) atoms. The van der Waals surface area contributed by atoms with E-state index in [-0.39, 0.29) is 21.1 Å². The van der Waals surface area contributed by atoms with Gasteiger partial charge in [0.05, 0.1) is 6.20 Å². The van der Waals surface area contributed by atoms with Crippen LogP contribution in [0, 0.1) is 19.1 Å². The van der Waals surface area contributed by atoms with E-state index >= 15 is 0 Å². The quantitative estimate of drug-likeness (QED) is 0.144. The Morgan fingerprint density at radius 3 is 2.21 bits per heavy atom. The van der Waals surface area contributed by atoms with Crippen LogP contribution in [0.15, 0.2) is 97.5 Å². The largest absolute Gasteiger partial charge is 2.00 e. The molecule has 0 unspecified atom stereocenters. The SMILES string of the molecule is Cc1cc(Oc2[c-]c3c(cc2)c2ccccc2n3-c2cc(C(C)C)ccn2)[c-]c(-n2cc(-c3c(C(C)C)cccc3C(C)C)cn2)c1.[Pt+2]. The number of ether oxygens (including phenoxy) is 1. The topological polar surface area (TPSA) is 44.9 Å². The third-order valence-electron chi connectivity index (χ3n) is 8.91. The Balaban J connectivity index is 0.00000401. The molecular formula is C42H40N4OPt. The van der Waals surface area contributed by atoms with Crippen LogP contribution in [0.3, 0.4) is 0 Å². The van der Waals surface area contributed by atoms with Crippen molar-refractivity contribution >= 4 is 21.8 Å². The van der Waals surface area contributed by atoms with Crippen LogP contribution in [0.5, 0.6) is 11.5 Å². The number of benzene rings is 4. The van der Waals surface area contributed by atoms with Crippen molar-refractivity contribution in [1.29, 1.82) is 0 Å². The van der Waals surface area contributed by atoms with Crippen molar-refractivity contribution in [3.8, 4) is 34.1 Å². The molecule has 0 N–H and O–H groups in total. The van der Waals surface area contributed by atoms with E-state index in [9.17, 15) is 0 Å². The fraction of sp³-hybridized carbons (Fsp3) is 0.238. The Kier molecular flexibility index (Phi) is 9.45. The minimum Gasteiger partial charge on any atom is -0.509 e. The van der Waals surface area contributed by atoms with Gasteiger partial charge in [-0.25, -0.2) is 4.98 Å². The van der Waals surface area contributed by atoms with Gasteiger partial charge in [0.25, 0.3) is 0 Å². The smallest absolute Gasteiger partial charge is 0.509 e. The second-order valence-corrected chi connectivity index (χ2v) is 13.3. The van der Waals surface area contributed by atoms with E-state index in [1.54, 1.807) is 0 Å². The molecule has 3 heterocycles. The van der Waals surface area contributed by atoms with E-state index in [0.29, 0.717) is 29.3 Å². The molecule has 7 rings (SSSR count). The summed E-state index contributed by atoms with van der Waals surface area (Å²) >= 11 is 0. The molecule has 0 bridgehead atoms. The van der Waals surface area contributed by atoms with Gasteiger partial charge < -0.3 is 9.30 Å². The molecule has 0 radical (unpaired) electrons. The van der Waals surface area contributed by atoms with Crippen molar-refractivity contribution in [3.63, 3.8) is 0 Å². The zero-order valence-electron chi connectivity index (χ0n) is 28.5. The molecule has 3 aromatic heterocycles. The van der Waals surface area contributed by atoms with Crippen molar-refractivity contribution < 1.29 is 25.8 Å². The van der Waals surface area contributed by atoms with E-state index in [0.717, 1.165) is 44.4 Å². The van der Waals surface area contributed by atoms with Crippen LogP contribution in [0.1, 0.15) is 81.5 Å². The number of hydrogen-bond donors (Lipinski definition) is 0. The van der Waals surface area contributed by atoms with Crippen molar-refractivity contribution in [2.75, 3.05) is 0 Å². The van der Waals surface area contributed by atoms with Gasteiger partial charge in [0.1, 0.15) is 5.82 Å². The van der Waals surface area contributed by atoms with Crippen LogP contribution >= 0.6 is 0 Å². The normalized spacial score (nSPS) is 11.6. The van der Waals surface area contributed by atoms with Gasteiger partial charge in [0, 0.05) is 35.0 Å². The number of hydrogen-bond acceptors (Lipinski definition) is 3. The fourth-order valence-corrected chi connectivity index (χ4v) is 6.51. The molecule has 0 fully saturated rings. The van der Waals surface area contributed by atoms with Gasteiger partial charge in [-0.05, 0) is 69.3 Å². The maximum absolute atomic E-state index is 6.48. The van der Waals surface area contributed by atoms with Gasteiger partial charge >= 0.3 is 21.1 Å². The minimum absolute atomic E-state index is 0. The molecule has 244 valence electrons. The summed E-state index contributed by atoms with van der Waals surface area (Å²) in [6, 6.07) is 34.5. The Morgan fingerprint density at radius 1 is 0.729 bits per heavy atom. The van der Waals surface area contributed by atoms with E-state index in [2.05, 4.69) is 138 Å². The zero-order valence-corrected chi connectivity index (χ0v) is 30.8. The first-order chi connectivity index (χ1) is 22.7. The number of fused-ring (bicyclic) bond motifs is 3. The molecule has 0 aliphatic rings. The molecule has 0 saturated heterocycles. The van der Waals surface area contributed by atoms with Crippen LogP contribution in [0.2, 0.25) is 0 Å². The number of pyridine rings is 1. The Labute approximate surface area is 297 Å². The van der Waals surface area contributed by atoms with Gasteiger partial charge in [0.15, 0.2) is 0 Å². The predicted molar refractivity (Wildman–Crippen MR) is 192 cm³/mol. The molecule has 0 spiro atoms. The van der Waals surface area contributed by atoms with E-state index < -0.39 is 0 Å². The third kappa shape index (κ3) is 6.24. The molecule has 0 atom stereocenters. The van der Waals surface area contributed by atoms with Gasteiger partial charge in [-0.1, -0.05) is 90.4 Å². The summed E-state index contributed by atoms with van der Waals surface area (Å²) in [4.78, 5) is 4.77. The Morgan fingerprint density at radius 2 is 1.48 bits per heavy atom. The van der Waals surface area contributed by atoms with Crippen LogP contribution in [0.4, 0.5) is 0 Å². The number of nitrogens with zero attached hydrogens (tertiary/aromatic N) is 4. The van der Waals surface area contributed by atoms with Crippen LogP contribution < -0.4 is 4.74 Å². The van der Waals surface area contributed by atoms with Crippen LogP contribution in [-0.4, -0.2) is 19.3 Å². The summed E-state index contributed by atoms with van der Waals surface area (Å²) < 4.78 is 10.6. The van der Waals surface area contributed by atoms with E-state index in [1.165, 1.54) is 22.3 Å². The molecular weight excluding hydrogens is 772 g/mol. The first-order valence-corrected chi connectivity index (χ1v) is 16.5. The summed E-state index contributed by atoms with van der Waals surface area (Å²) in [5.41, 5.74) is 10.2. The van der Waals surface area contributed by atoms with Crippen LogP contribution in [0.25, 0.3) is 44.4 Å². The number of rotatable bonds is 8. The van der Waals surface area contributed by atoms with Crippen molar-refractivity contribution in [2.24, 2.45) is 0 Å². The van der Waals surface area contributed by atoms with Gasteiger partial charge in [-0.3, -0.25) is 4.68 Å². The molecule has 4 aromatic carbocycles. The first-order valence-electron chi connectivity index (χ1n) is 16.5. The predicted octanol–water partition coefficient (Wildman–Crippen LogP) is 11.1. The van der Waals surface area contributed by atoms with Gasteiger partial charge in [0.2, 0.25) is 0 Å². The summed E-state index contributed by atoms with van der Waals surface area (Å²) in [7, 11) is 0. The molecule has 6 heteroatoms. The molecule has 0 aliphatic carbocycles. The van der Waals surface area contributed by atoms with E-state index in [4.69, 9.17) is 14.8 Å². The van der Waals surface area contributed by atoms with Crippen molar-refractivity contribution in [3.05, 3.63) is 132 Å². The molecule has 5 nitrogen and oxygen atoms in total. The standard InChI is InChI=1S/C42H40N4O.Pt/c1-26(2)30-17-18-43-41(21-30)46-39-14-9-8-11-37(39)38-16-15-33(23-40(38)46)47-34-20-29(7)19-32(22-34)45-25-31(24-44-45)42-35(27(3)4)12-10-13-36(42)28(5)6;/h8-21,24-28H,1-7H3;/q-2;+2. The summed E-state index contributed by atoms with van der Waals surface area (Å²) in [5, 5.41) is 7.05. The molecule has 0 saturated carbocycles. The van der Waals surface area contributed by atoms with Gasteiger partial charge in [-0.15, -0.1) is 35.7 Å². The Bertz CT molecular complexity index is 2210. The van der Waals surface area contributed by atoms with Crippen molar-refractivity contribution in [2.45, 2.75) is 66.2 Å². The number of aryl methyl sites for hydroxylation is 1. The van der Waals surface area contributed by atoms with Crippen LogP contribution in [-0.2, 0) is 21.1 Å². The average molecular weight is 812 g/mol. The second-order valence-electron chi connectivity index (χ2n) is 13.3. The Hall–Kier alpha value is -4.47. The maximum Gasteiger partial charge on any atom is 2.00 e. The maximum atomic E-state index is 6.48. The average Bonchev–Trinajstić information content (AvgIpc) is 3.67. The number of aromatic nitrogens is 4. The minimum atomic E-state index is 0. The molecule has 7 aromatic rings. The van der Waals surface area contributed by atoms with Gasteiger partial charge in [-0.2, -0.15) is 16.7 Å². The van der Waals surface area contributed by atoms with E-state index in [1.807, 2.05) is 29.2 Å². The summed E-state index contributed by atoms with van der Waals surface area (Å²) in [6.45, 7) is 15.5. The molecule has 0 aliphatic heterocycles. The zero-order chi connectivity index (χ0) is 32.8. The molecule has 0 amide bonds. The second kappa shape index (κ2) is 13.6. The van der Waals surface area contributed by atoms with Crippen molar-refractivity contribution in [1.82, 2.24) is 19.3 Å². The first kappa shape index (κ1) is 33.4.